The van der Waals surface area contributed by atoms with Crippen LogP contribution in [0.3, 0.4) is 0 Å². The SMILES string of the molecule is C[C@H](OCc1ccccc1)C(=O)ON1C(=O)c2ccccc2C1=O. The summed E-state index contributed by atoms with van der Waals surface area (Å²) >= 11 is 0. The fraction of sp³-hybridized carbons (Fsp3) is 0.167. The number of benzene rings is 2. The van der Waals surface area contributed by atoms with Gasteiger partial charge in [0, 0.05) is 0 Å². The van der Waals surface area contributed by atoms with Crippen molar-refractivity contribution in [1.29, 1.82) is 0 Å². The molecule has 0 radical (unpaired) electrons. The predicted molar refractivity (Wildman–Crippen MR) is 83.7 cm³/mol. The number of ether oxygens (including phenoxy) is 1. The minimum atomic E-state index is -0.922. The van der Waals surface area contributed by atoms with E-state index in [-0.39, 0.29) is 17.7 Å². The molecule has 1 atom stereocenters. The van der Waals surface area contributed by atoms with Gasteiger partial charge >= 0.3 is 5.97 Å². The van der Waals surface area contributed by atoms with Crippen LogP contribution in [0, 0.1) is 0 Å². The molecule has 0 saturated carbocycles. The Bertz CT molecular complexity index is 752. The standard InChI is InChI=1S/C18H15NO5/c1-12(23-11-13-7-3-2-4-8-13)18(22)24-19-16(20)14-9-5-6-10-15(14)17(19)21/h2-10,12H,11H2,1H3/t12-/m0/s1. The third-order valence-corrected chi connectivity index (χ3v) is 3.61. The van der Waals surface area contributed by atoms with Gasteiger partial charge in [0.2, 0.25) is 0 Å². The van der Waals surface area contributed by atoms with Crippen LogP contribution < -0.4 is 0 Å². The van der Waals surface area contributed by atoms with Gasteiger partial charge in [0.05, 0.1) is 17.7 Å². The molecule has 1 aliphatic heterocycles. The summed E-state index contributed by atoms with van der Waals surface area (Å²) in [5.41, 5.74) is 1.33. The summed E-state index contributed by atoms with van der Waals surface area (Å²) in [5.74, 6) is -2.11. The van der Waals surface area contributed by atoms with E-state index in [9.17, 15) is 14.4 Å². The first kappa shape index (κ1) is 15.9. The Hall–Kier alpha value is -2.99. The Balaban J connectivity index is 1.61. The van der Waals surface area contributed by atoms with E-state index in [1.807, 2.05) is 30.3 Å². The van der Waals surface area contributed by atoms with Crippen LogP contribution in [0.1, 0.15) is 33.2 Å². The molecular weight excluding hydrogens is 310 g/mol. The highest BCUT2D eigenvalue weighted by Crippen LogP contribution is 2.23. The lowest BCUT2D eigenvalue weighted by Gasteiger charge is -2.16. The molecular formula is C18H15NO5. The van der Waals surface area contributed by atoms with Gasteiger partial charge in [-0.1, -0.05) is 47.5 Å². The molecule has 0 saturated heterocycles. The van der Waals surface area contributed by atoms with E-state index < -0.39 is 23.9 Å². The molecule has 2 amide bonds. The summed E-state index contributed by atoms with van der Waals surface area (Å²) in [6.07, 6.45) is -0.922. The highest BCUT2D eigenvalue weighted by Gasteiger charge is 2.39. The highest BCUT2D eigenvalue weighted by atomic mass is 16.7. The van der Waals surface area contributed by atoms with Gasteiger partial charge in [-0.2, -0.15) is 0 Å². The van der Waals surface area contributed by atoms with Gasteiger partial charge < -0.3 is 9.57 Å². The van der Waals surface area contributed by atoms with E-state index in [4.69, 9.17) is 9.57 Å². The van der Waals surface area contributed by atoms with Crippen LogP contribution in [0.25, 0.3) is 0 Å². The maximum absolute atomic E-state index is 12.1. The fourth-order valence-electron chi connectivity index (χ4n) is 2.28. The number of carbonyl (C=O) groups excluding carboxylic acids is 3. The quantitative estimate of drug-likeness (QED) is 0.789. The number of hydroxylamine groups is 2. The monoisotopic (exact) mass is 325 g/mol. The molecule has 1 heterocycles. The van der Waals surface area contributed by atoms with E-state index in [1.54, 1.807) is 12.1 Å². The summed E-state index contributed by atoms with van der Waals surface area (Å²) in [6, 6.07) is 15.6. The second kappa shape index (κ2) is 6.64. The largest absolute Gasteiger partial charge is 0.362 e. The maximum atomic E-state index is 12.1. The highest BCUT2D eigenvalue weighted by molar-refractivity contribution is 6.20. The Morgan fingerprint density at radius 2 is 1.50 bits per heavy atom. The van der Waals surface area contributed by atoms with Gasteiger partial charge in [-0.3, -0.25) is 9.59 Å². The maximum Gasteiger partial charge on any atom is 0.361 e. The molecule has 6 nitrogen and oxygen atoms in total. The zero-order valence-corrected chi connectivity index (χ0v) is 13.0. The van der Waals surface area contributed by atoms with Crippen LogP contribution in [-0.4, -0.2) is 29.0 Å². The molecule has 0 unspecified atom stereocenters. The van der Waals surface area contributed by atoms with E-state index in [0.717, 1.165) is 5.56 Å². The van der Waals surface area contributed by atoms with Crippen molar-refractivity contribution in [1.82, 2.24) is 5.06 Å². The molecule has 6 heteroatoms. The first-order valence-electron chi connectivity index (χ1n) is 7.43. The summed E-state index contributed by atoms with van der Waals surface area (Å²) in [4.78, 5) is 41.3. The van der Waals surface area contributed by atoms with Crippen molar-refractivity contribution >= 4 is 17.8 Å². The van der Waals surface area contributed by atoms with Crippen molar-refractivity contribution in [2.45, 2.75) is 19.6 Å². The molecule has 122 valence electrons. The zero-order chi connectivity index (χ0) is 17.1. The Morgan fingerprint density at radius 1 is 0.958 bits per heavy atom. The van der Waals surface area contributed by atoms with Crippen LogP contribution in [0.4, 0.5) is 0 Å². The second-order valence-corrected chi connectivity index (χ2v) is 5.30. The van der Waals surface area contributed by atoms with Crippen molar-refractivity contribution in [3.05, 3.63) is 71.3 Å². The average molecular weight is 325 g/mol. The van der Waals surface area contributed by atoms with Gasteiger partial charge in [-0.15, -0.1) is 0 Å². The number of carbonyl (C=O) groups is 3. The third-order valence-electron chi connectivity index (χ3n) is 3.61. The minimum Gasteiger partial charge on any atom is -0.362 e. The lowest BCUT2D eigenvalue weighted by molar-refractivity contribution is -0.181. The molecule has 2 aromatic rings. The van der Waals surface area contributed by atoms with Gasteiger partial charge in [-0.25, -0.2) is 4.79 Å². The van der Waals surface area contributed by atoms with Gasteiger partial charge in [0.15, 0.2) is 6.10 Å². The van der Waals surface area contributed by atoms with Crippen molar-refractivity contribution in [3.63, 3.8) is 0 Å². The van der Waals surface area contributed by atoms with Crippen LogP contribution in [0.15, 0.2) is 54.6 Å². The van der Waals surface area contributed by atoms with Gasteiger partial charge in [0.1, 0.15) is 0 Å². The number of amides is 2. The molecule has 0 fully saturated rings. The Labute approximate surface area is 138 Å². The fourth-order valence-corrected chi connectivity index (χ4v) is 2.28. The molecule has 24 heavy (non-hydrogen) atoms. The summed E-state index contributed by atoms with van der Waals surface area (Å²) in [6.45, 7) is 1.72. The van der Waals surface area contributed by atoms with Crippen molar-refractivity contribution < 1.29 is 24.0 Å². The van der Waals surface area contributed by atoms with E-state index in [0.29, 0.717) is 5.06 Å². The van der Waals surface area contributed by atoms with Gasteiger partial charge in [-0.05, 0) is 24.6 Å². The number of fused-ring (bicyclic) bond motifs is 1. The molecule has 2 aromatic carbocycles. The van der Waals surface area contributed by atoms with Crippen molar-refractivity contribution in [3.8, 4) is 0 Å². The molecule has 0 aliphatic carbocycles. The third kappa shape index (κ3) is 3.04. The topological polar surface area (TPSA) is 72.9 Å². The Kier molecular flexibility index (Phi) is 4.39. The molecule has 3 rings (SSSR count). The van der Waals surface area contributed by atoms with Crippen molar-refractivity contribution in [2.24, 2.45) is 0 Å². The number of rotatable bonds is 5. The summed E-state index contributed by atoms with van der Waals surface area (Å²) < 4.78 is 5.42. The molecule has 0 aromatic heterocycles. The smallest absolute Gasteiger partial charge is 0.361 e. The van der Waals surface area contributed by atoms with E-state index >= 15 is 0 Å². The van der Waals surface area contributed by atoms with E-state index in [1.165, 1.54) is 19.1 Å². The van der Waals surface area contributed by atoms with Crippen LogP contribution in [-0.2, 0) is 21.0 Å². The van der Waals surface area contributed by atoms with Crippen molar-refractivity contribution in [2.75, 3.05) is 0 Å². The molecule has 0 bridgehead atoms. The first-order chi connectivity index (χ1) is 11.6. The lowest BCUT2D eigenvalue weighted by Crippen LogP contribution is -2.36. The molecule has 0 spiro atoms. The normalized spacial score (nSPS) is 14.5. The number of hydrogen-bond donors (Lipinski definition) is 0. The molecule has 1 aliphatic rings. The number of imide groups is 1. The molecule has 0 N–H and O–H groups in total. The average Bonchev–Trinajstić information content (AvgIpc) is 2.86. The predicted octanol–water partition coefficient (Wildman–Crippen LogP) is 2.35. The second-order valence-electron chi connectivity index (χ2n) is 5.30. The van der Waals surface area contributed by atoms with Crippen LogP contribution in [0.5, 0.6) is 0 Å². The van der Waals surface area contributed by atoms with E-state index in [2.05, 4.69) is 0 Å². The summed E-state index contributed by atoms with van der Waals surface area (Å²) in [5, 5.41) is 0.482. The zero-order valence-electron chi connectivity index (χ0n) is 13.0. The van der Waals surface area contributed by atoms with Crippen LogP contribution in [0.2, 0.25) is 0 Å². The Morgan fingerprint density at radius 3 is 2.08 bits per heavy atom. The number of nitrogens with zero attached hydrogens (tertiary/aromatic N) is 1. The first-order valence-corrected chi connectivity index (χ1v) is 7.43. The van der Waals surface area contributed by atoms with Crippen LogP contribution >= 0.6 is 0 Å². The number of hydrogen-bond acceptors (Lipinski definition) is 5. The summed E-state index contributed by atoms with van der Waals surface area (Å²) in [7, 11) is 0. The minimum absolute atomic E-state index is 0.216. The van der Waals surface area contributed by atoms with Gasteiger partial charge in [0.25, 0.3) is 11.8 Å². The lowest BCUT2D eigenvalue weighted by atomic mass is 10.1.